The molecule has 1 N–H and O–H groups in total. The van der Waals surface area contributed by atoms with E-state index in [9.17, 15) is 14.8 Å². The summed E-state index contributed by atoms with van der Waals surface area (Å²) in [7, 11) is 0. The fourth-order valence-corrected chi connectivity index (χ4v) is 10.9. The number of carbonyl (C=O) groups excluding carboxylic acids is 2. The van der Waals surface area contributed by atoms with Gasteiger partial charge in [-0.1, -0.05) is 34.6 Å². The molecule has 8 heteroatoms. The van der Waals surface area contributed by atoms with E-state index in [1.165, 1.54) is 38.5 Å². The minimum atomic E-state index is -0.625. The highest BCUT2D eigenvalue weighted by Crippen LogP contribution is 2.68. The largest absolute Gasteiger partial charge is 0.462 e. The van der Waals surface area contributed by atoms with Crippen LogP contribution in [0.25, 0.3) is 0 Å². The molecule has 4 fully saturated rings. The van der Waals surface area contributed by atoms with Gasteiger partial charge < -0.3 is 18.9 Å². The summed E-state index contributed by atoms with van der Waals surface area (Å²) >= 11 is 0. The minimum Gasteiger partial charge on any atom is -0.462 e. The van der Waals surface area contributed by atoms with Gasteiger partial charge in [0.1, 0.15) is 12.2 Å². The van der Waals surface area contributed by atoms with Crippen LogP contribution in [0, 0.1) is 58.2 Å². The van der Waals surface area contributed by atoms with E-state index in [1.54, 1.807) is 20.8 Å². The average Bonchev–Trinajstić information content (AvgIpc) is 3.38. The highest BCUT2D eigenvalue weighted by atomic mass is 17.1. The van der Waals surface area contributed by atoms with Crippen molar-refractivity contribution in [3.63, 3.8) is 0 Å². The van der Waals surface area contributed by atoms with Gasteiger partial charge in [-0.05, 0) is 145 Å². The zero-order chi connectivity index (χ0) is 33.8. The van der Waals surface area contributed by atoms with Crippen LogP contribution in [0.15, 0.2) is 0 Å². The predicted octanol–water partition coefficient (Wildman–Crippen LogP) is 8.45. The lowest BCUT2D eigenvalue weighted by Crippen LogP contribution is -2.54. The van der Waals surface area contributed by atoms with E-state index < -0.39 is 24.1 Å². The van der Waals surface area contributed by atoms with Crippen LogP contribution < -0.4 is 0 Å². The maximum atomic E-state index is 13.2. The Morgan fingerprint density at radius 2 is 1.43 bits per heavy atom. The first-order valence-corrected chi connectivity index (χ1v) is 18.7. The quantitative estimate of drug-likeness (QED) is 0.0816. The second-order valence-corrected chi connectivity index (χ2v) is 16.1. The smallest absolute Gasteiger partial charge is 0.311 e. The van der Waals surface area contributed by atoms with Crippen molar-refractivity contribution in [1.82, 2.24) is 0 Å². The third-order valence-electron chi connectivity index (χ3n) is 13.8. The Hall–Kier alpha value is -1.22. The summed E-state index contributed by atoms with van der Waals surface area (Å²) in [6.45, 7) is 19.7. The second kappa shape index (κ2) is 16.0. The lowest BCUT2D eigenvalue weighted by molar-refractivity contribution is -0.300. The highest BCUT2D eigenvalue weighted by Gasteiger charge is 2.60. The Morgan fingerprint density at radius 1 is 0.783 bits per heavy atom. The monoisotopic (exact) mass is 650 g/mol. The van der Waals surface area contributed by atoms with Gasteiger partial charge in [0.25, 0.3) is 0 Å². The van der Waals surface area contributed by atoms with Crippen molar-refractivity contribution >= 4 is 11.9 Å². The van der Waals surface area contributed by atoms with Crippen molar-refractivity contribution in [3.05, 3.63) is 0 Å². The molecular weight excluding hydrogens is 584 g/mol. The lowest BCUT2D eigenvalue weighted by Gasteiger charge is -2.61. The van der Waals surface area contributed by atoms with E-state index in [2.05, 4.69) is 20.8 Å². The summed E-state index contributed by atoms with van der Waals surface area (Å²) < 4.78 is 22.5. The molecule has 0 amide bonds. The van der Waals surface area contributed by atoms with Crippen molar-refractivity contribution < 1.29 is 38.7 Å². The van der Waals surface area contributed by atoms with Crippen molar-refractivity contribution in [1.29, 1.82) is 0 Å². The highest BCUT2D eigenvalue weighted by molar-refractivity contribution is 5.81. The first-order chi connectivity index (χ1) is 21.8. The van der Waals surface area contributed by atoms with Crippen LogP contribution in [-0.2, 0) is 33.4 Å². The summed E-state index contributed by atoms with van der Waals surface area (Å²) in [4.78, 5) is 30.6. The molecule has 0 bridgehead atoms. The van der Waals surface area contributed by atoms with Gasteiger partial charge in [0.05, 0.1) is 17.9 Å². The SMILES string of the molecule is CCOC(C)OC(=O)C(C)C(C)C(=O)OC1CCC2(C)C(CCC3C2CCC2(C)C(C(C)CCC(OO)C(C)OCC)CCC32)C1. The molecule has 0 saturated heterocycles. The van der Waals surface area contributed by atoms with Gasteiger partial charge in [-0.15, -0.1) is 0 Å². The topological polar surface area (TPSA) is 101 Å². The molecule has 0 aromatic rings. The first-order valence-electron chi connectivity index (χ1n) is 18.7. The number of hydrogen-bond acceptors (Lipinski definition) is 8. The van der Waals surface area contributed by atoms with E-state index >= 15 is 0 Å². The number of rotatable bonds is 15. The number of esters is 2. The molecule has 266 valence electrons. The van der Waals surface area contributed by atoms with E-state index in [1.807, 2.05) is 20.8 Å². The van der Waals surface area contributed by atoms with E-state index in [4.69, 9.17) is 23.8 Å². The number of ether oxygens (including phenoxy) is 4. The number of hydrogen-bond donors (Lipinski definition) is 1. The summed E-state index contributed by atoms with van der Waals surface area (Å²) in [5.41, 5.74) is 0.683. The zero-order valence-corrected chi connectivity index (χ0v) is 30.4. The van der Waals surface area contributed by atoms with Crippen LogP contribution in [0.1, 0.15) is 133 Å². The van der Waals surface area contributed by atoms with Crippen molar-refractivity contribution in [2.75, 3.05) is 13.2 Å². The van der Waals surface area contributed by atoms with Crippen molar-refractivity contribution in [2.24, 2.45) is 58.2 Å². The Bertz CT molecular complexity index is 1000. The molecule has 0 aromatic carbocycles. The van der Waals surface area contributed by atoms with E-state index in [-0.39, 0.29) is 24.3 Å². The molecule has 46 heavy (non-hydrogen) atoms. The van der Waals surface area contributed by atoms with Gasteiger partial charge in [0, 0.05) is 13.2 Å². The molecule has 4 aliphatic carbocycles. The first kappa shape index (κ1) is 37.6. The van der Waals surface area contributed by atoms with Gasteiger partial charge in [0.15, 0.2) is 6.29 Å². The second-order valence-electron chi connectivity index (χ2n) is 16.1. The normalized spacial score (nSPS) is 37.9. The van der Waals surface area contributed by atoms with Gasteiger partial charge in [0.2, 0.25) is 0 Å². The minimum absolute atomic E-state index is 0.0714. The van der Waals surface area contributed by atoms with Crippen LogP contribution >= 0.6 is 0 Å². The lowest BCUT2D eigenvalue weighted by atomic mass is 9.44. The third-order valence-corrected chi connectivity index (χ3v) is 13.8. The summed E-state index contributed by atoms with van der Waals surface area (Å²) in [6, 6.07) is 0. The molecule has 4 rings (SSSR count). The Labute approximate surface area is 279 Å². The van der Waals surface area contributed by atoms with Gasteiger partial charge in [-0.3, -0.25) is 14.8 Å². The van der Waals surface area contributed by atoms with Gasteiger partial charge in [-0.2, -0.15) is 0 Å². The summed E-state index contributed by atoms with van der Waals surface area (Å²) in [5, 5.41) is 9.53. The van der Waals surface area contributed by atoms with Crippen LogP contribution in [0.5, 0.6) is 0 Å². The summed E-state index contributed by atoms with van der Waals surface area (Å²) in [5.74, 6) is 2.34. The third kappa shape index (κ3) is 7.81. The predicted molar refractivity (Wildman–Crippen MR) is 178 cm³/mol. The van der Waals surface area contributed by atoms with Crippen molar-refractivity contribution in [3.8, 4) is 0 Å². The maximum Gasteiger partial charge on any atom is 0.311 e. The molecule has 4 aliphatic rings. The van der Waals surface area contributed by atoms with Crippen LogP contribution in [0.4, 0.5) is 0 Å². The molecule has 0 aliphatic heterocycles. The fourth-order valence-electron chi connectivity index (χ4n) is 10.9. The fraction of sp³-hybridized carbons (Fsp3) is 0.947. The van der Waals surface area contributed by atoms with Crippen LogP contribution in [0.2, 0.25) is 0 Å². The molecule has 0 heterocycles. The Balaban J connectivity index is 1.32. The zero-order valence-electron chi connectivity index (χ0n) is 30.4. The molecule has 0 aromatic heterocycles. The molecule has 14 atom stereocenters. The van der Waals surface area contributed by atoms with E-state index in [0.717, 1.165) is 49.9 Å². The Morgan fingerprint density at radius 3 is 2.11 bits per heavy atom. The molecular formula is C38H66O8. The molecule has 8 nitrogen and oxygen atoms in total. The Kier molecular flexibility index (Phi) is 13.1. The average molecular weight is 651 g/mol. The molecule has 0 spiro atoms. The maximum absolute atomic E-state index is 13.2. The summed E-state index contributed by atoms with van der Waals surface area (Å²) in [6.07, 6.45) is 11.5. The van der Waals surface area contributed by atoms with Gasteiger partial charge in [-0.25, -0.2) is 4.89 Å². The van der Waals surface area contributed by atoms with Crippen LogP contribution in [-0.4, -0.2) is 55.0 Å². The number of fused-ring (bicyclic) bond motifs is 5. The van der Waals surface area contributed by atoms with E-state index in [0.29, 0.717) is 41.8 Å². The molecule has 0 radical (unpaired) electrons. The number of carbonyl (C=O) groups is 2. The van der Waals surface area contributed by atoms with Gasteiger partial charge >= 0.3 is 11.9 Å². The van der Waals surface area contributed by atoms with Crippen LogP contribution in [0.3, 0.4) is 0 Å². The van der Waals surface area contributed by atoms with Crippen molar-refractivity contribution in [2.45, 2.75) is 158 Å². The molecule has 14 unspecified atom stereocenters. The molecule has 4 saturated carbocycles. The standard InChI is InChI=1S/C38H66O8/c1-10-42-26(6)34(46-41)17-12-23(3)31-15-16-32-30-14-13-28-22-29(18-20-37(28,8)33(30)19-21-38(31,32)9)45-36(40)25(5)24(4)35(39)44-27(7)43-11-2/h23-34,41H,10-22H2,1-9H3.